The molecule has 0 aliphatic carbocycles. The van der Waals surface area contributed by atoms with E-state index in [9.17, 15) is 18.9 Å². The van der Waals surface area contributed by atoms with Crippen LogP contribution in [0, 0.1) is 10.1 Å². The van der Waals surface area contributed by atoms with E-state index in [2.05, 4.69) is 15.0 Å². The number of benzene rings is 1. The molecule has 0 saturated carbocycles. The molecule has 1 N–H and O–H groups in total. The van der Waals surface area contributed by atoms with Gasteiger partial charge in [-0.2, -0.15) is 8.78 Å². The Balaban J connectivity index is 2.25. The number of aromatic nitrogens is 1. The zero-order chi connectivity index (χ0) is 18.4. The maximum absolute atomic E-state index is 12.2. The minimum atomic E-state index is -3.07. The Hall–Kier alpha value is -3.17. The van der Waals surface area contributed by atoms with Crippen LogP contribution in [0.4, 0.5) is 20.2 Å². The molecular formula is C15H15F2N3O5. The zero-order valence-corrected chi connectivity index (χ0v) is 13.4. The first-order valence-electron chi connectivity index (χ1n) is 6.99. The van der Waals surface area contributed by atoms with Crippen LogP contribution in [0.5, 0.6) is 17.2 Å². The van der Waals surface area contributed by atoms with Crippen molar-refractivity contribution >= 4 is 11.4 Å². The first kappa shape index (κ1) is 18.2. The number of halogens is 2. The Morgan fingerprint density at radius 1 is 1.28 bits per heavy atom. The molecule has 0 atom stereocenters. The minimum absolute atomic E-state index is 0.0935. The van der Waals surface area contributed by atoms with Crippen LogP contribution in [0.25, 0.3) is 0 Å². The fourth-order valence-corrected chi connectivity index (χ4v) is 2.14. The molecule has 1 aromatic carbocycles. The number of anilines is 1. The van der Waals surface area contributed by atoms with Crippen LogP contribution >= 0.6 is 0 Å². The molecule has 1 heterocycles. The van der Waals surface area contributed by atoms with Crippen molar-refractivity contribution in [1.29, 1.82) is 0 Å². The molecule has 10 heteroatoms. The summed E-state index contributed by atoms with van der Waals surface area (Å²) in [5, 5.41) is 14.0. The van der Waals surface area contributed by atoms with Crippen LogP contribution in [0.15, 0.2) is 30.5 Å². The number of nitrogens with one attached hydrogen (secondary N) is 1. The van der Waals surface area contributed by atoms with Gasteiger partial charge in [-0.25, -0.2) is 0 Å². The third kappa shape index (κ3) is 4.43. The molecule has 0 aliphatic heterocycles. The van der Waals surface area contributed by atoms with Crippen molar-refractivity contribution < 1.29 is 27.9 Å². The molecule has 0 bridgehead atoms. The molecule has 0 aliphatic rings. The molecule has 1 aromatic heterocycles. The highest BCUT2D eigenvalue weighted by Crippen LogP contribution is 2.32. The molecule has 2 rings (SSSR count). The molecule has 25 heavy (non-hydrogen) atoms. The van der Waals surface area contributed by atoms with Crippen LogP contribution in [0.3, 0.4) is 0 Å². The van der Waals surface area contributed by atoms with E-state index < -0.39 is 17.2 Å². The molecule has 8 nitrogen and oxygen atoms in total. The van der Waals surface area contributed by atoms with Gasteiger partial charge in [-0.1, -0.05) is 0 Å². The average molecular weight is 355 g/mol. The molecule has 0 amide bonds. The van der Waals surface area contributed by atoms with Crippen LogP contribution in [-0.4, -0.2) is 30.7 Å². The summed E-state index contributed by atoms with van der Waals surface area (Å²) >= 11 is 0. The van der Waals surface area contributed by atoms with Gasteiger partial charge >= 0.3 is 6.61 Å². The summed E-state index contributed by atoms with van der Waals surface area (Å²) in [5.74, 6) is 0.548. The van der Waals surface area contributed by atoms with Gasteiger partial charge in [-0.3, -0.25) is 15.1 Å². The van der Waals surface area contributed by atoms with E-state index >= 15 is 0 Å². The Kier molecular flexibility index (Phi) is 5.88. The summed E-state index contributed by atoms with van der Waals surface area (Å²) in [6, 6.07) is 5.02. The first-order chi connectivity index (χ1) is 12.0. The van der Waals surface area contributed by atoms with E-state index in [4.69, 9.17) is 9.47 Å². The second-order valence-electron chi connectivity index (χ2n) is 4.66. The van der Waals surface area contributed by atoms with Gasteiger partial charge in [0.2, 0.25) is 0 Å². The van der Waals surface area contributed by atoms with Gasteiger partial charge in [-0.15, -0.1) is 0 Å². The van der Waals surface area contributed by atoms with Crippen molar-refractivity contribution in [1.82, 2.24) is 4.98 Å². The van der Waals surface area contributed by atoms with Gasteiger partial charge in [0.15, 0.2) is 11.5 Å². The zero-order valence-electron chi connectivity index (χ0n) is 13.4. The van der Waals surface area contributed by atoms with Crippen molar-refractivity contribution in [2.75, 3.05) is 19.5 Å². The van der Waals surface area contributed by atoms with Gasteiger partial charge in [-0.05, 0) is 12.1 Å². The summed E-state index contributed by atoms with van der Waals surface area (Å²) in [4.78, 5) is 14.6. The standard InChI is InChI=1S/C15H15F2N3O5/c1-23-13-5-6-18-11(14(13)24-2)8-19-10-4-3-9(25-15(16)17)7-12(10)20(21)22/h3-7,15,19H,8H2,1-2H3. The third-order valence-corrected chi connectivity index (χ3v) is 3.20. The lowest BCUT2D eigenvalue weighted by Crippen LogP contribution is -2.07. The quantitative estimate of drug-likeness (QED) is 0.574. The van der Waals surface area contributed by atoms with E-state index in [1.807, 2.05) is 0 Å². The lowest BCUT2D eigenvalue weighted by atomic mass is 10.2. The molecular weight excluding hydrogens is 340 g/mol. The highest BCUT2D eigenvalue weighted by Gasteiger charge is 2.18. The summed E-state index contributed by atoms with van der Waals surface area (Å²) in [7, 11) is 2.92. The number of methoxy groups -OCH3 is 2. The van der Waals surface area contributed by atoms with Crippen LogP contribution < -0.4 is 19.5 Å². The average Bonchev–Trinajstić information content (AvgIpc) is 2.59. The van der Waals surface area contributed by atoms with Crippen molar-refractivity contribution in [2.24, 2.45) is 0 Å². The fraction of sp³-hybridized carbons (Fsp3) is 0.267. The summed E-state index contributed by atoms with van der Waals surface area (Å²) < 4.78 is 39.0. The number of hydrogen-bond acceptors (Lipinski definition) is 7. The van der Waals surface area contributed by atoms with Crippen molar-refractivity contribution in [3.8, 4) is 17.2 Å². The highest BCUT2D eigenvalue weighted by molar-refractivity contribution is 5.64. The van der Waals surface area contributed by atoms with E-state index in [1.54, 1.807) is 6.07 Å². The Morgan fingerprint density at radius 2 is 2.04 bits per heavy atom. The topological polar surface area (TPSA) is 95.8 Å². The Labute approximate surface area is 141 Å². The van der Waals surface area contributed by atoms with Gasteiger partial charge in [0.25, 0.3) is 5.69 Å². The fourth-order valence-electron chi connectivity index (χ4n) is 2.14. The van der Waals surface area contributed by atoms with E-state index in [0.717, 1.165) is 6.07 Å². The van der Waals surface area contributed by atoms with Crippen molar-refractivity contribution in [3.05, 3.63) is 46.3 Å². The van der Waals surface area contributed by atoms with Gasteiger partial charge in [0.1, 0.15) is 17.1 Å². The number of alkyl halides is 2. The second kappa shape index (κ2) is 8.08. The normalized spacial score (nSPS) is 10.4. The second-order valence-corrected chi connectivity index (χ2v) is 4.66. The molecule has 0 radical (unpaired) electrons. The number of pyridine rings is 1. The number of ether oxygens (including phenoxy) is 3. The van der Waals surface area contributed by atoms with E-state index in [-0.39, 0.29) is 18.0 Å². The summed E-state index contributed by atoms with van der Waals surface area (Å²) in [6.07, 6.45) is 1.51. The molecule has 2 aromatic rings. The number of nitro groups is 1. The maximum Gasteiger partial charge on any atom is 0.387 e. The predicted octanol–water partition coefficient (Wildman–Crippen LogP) is 3.22. The van der Waals surface area contributed by atoms with E-state index in [1.165, 1.54) is 32.5 Å². The van der Waals surface area contributed by atoms with Gasteiger partial charge in [0.05, 0.1) is 31.8 Å². The third-order valence-electron chi connectivity index (χ3n) is 3.20. The SMILES string of the molecule is COc1ccnc(CNc2ccc(OC(F)F)cc2[N+](=O)[O-])c1OC. The first-order valence-corrected chi connectivity index (χ1v) is 6.99. The smallest absolute Gasteiger partial charge is 0.387 e. The van der Waals surface area contributed by atoms with Crippen LogP contribution in [0.1, 0.15) is 5.69 Å². The molecule has 0 unspecified atom stereocenters. The van der Waals surface area contributed by atoms with Gasteiger partial charge in [0, 0.05) is 12.3 Å². The Morgan fingerprint density at radius 3 is 2.64 bits per heavy atom. The van der Waals surface area contributed by atoms with Crippen molar-refractivity contribution in [2.45, 2.75) is 13.2 Å². The number of nitrogens with zero attached hydrogens (tertiary/aromatic N) is 2. The van der Waals surface area contributed by atoms with Crippen LogP contribution in [0.2, 0.25) is 0 Å². The minimum Gasteiger partial charge on any atom is -0.493 e. The molecule has 0 fully saturated rings. The van der Waals surface area contributed by atoms with E-state index in [0.29, 0.717) is 17.2 Å². The monoisotopic (exact) mass is 355 g/mol. The van der Waals surface area contributed by atoms with Crippen LogP contribution in [-0.2, 0) is 6.54 Å². The molecule has 0 spiro atoms. The molecule has 0 saturated heterocycles. The largest absolute Gasteiger partial charge is 0.493 e. The molecule has 134 valence electrons. The summed E-state index contributed by atoms with van der Waals surface area (Å²) in [6.45, 7) is -2.97. The Bertz CT molecular complexity index is 758. The number of nitro benzene ring substituents is 1. The van der Waals surface area contributed by atoms with Crippen molar-refractivity contribution in [3.63, 3.8) is 0 Å². The number of hydrogen-bond donors (Lipinski definition) is 1. The lowest BCUT2D eigenvalue weighted by molar-refractivity contribution is -0.384. The number of rotatable bonds is 8. The summed E-state index contributed by atoms with van der Waals surface area (Å²) in [5.41, 5.74) is 0.183. The maximum atomic E-state index is 12.2. The lowest BCUT2D eigenvalue weighted by Gasteiger charge is -2.13. The highest BCUT2D eigenvalue weighted by atomic mass is 19.3. The predicted molar refractivity (Wildman–Crippen MR) is 84.4 cm³/mol. The van der Waals surface area contributed by atoms with Gasteiger partial charge < -0.3 is 19.5 Å².